The van der Waals surface area contributed by atoms with E-state index in [4.69, 9.17) is 14.0 Å². The number of anilines is 1. The largest absolute Gasteiger partial charge is 0.494 e. The molecule has 2 unspecified atom stereocenters. The van der Waals surface area contributed by atoms with Gasteiger partial charge in [-0.05, 0) is 90.3 Å². The fraction of sp³-hybridized carbons (Fsp3) is 0.367. The van der Waals surface area contributed by atoms with Crippen LogP contribution in [0.1, 0.15) is 47.6 Å². The van der Waals surface area contributed by atoms with Gasteiger partial charge in [0.05, 0.1) is 19.8 Å². The van der Waals surface area contributed by atoms with Crippen LogP contribution in [0.3, 0.4) is 0 Å². The summed E-state index contributed by atoms with van der Waals surface area (Å²) in [7, 11) is -0.427. The highest BCUT2D eigenvalue weighted by Gasteiger charge is 2.20. The Morgan fingerprint density at radius 3 is 2.73 bits per heavy atom. The summed E-state index contributed by atoms with van der Waals surface area (Å²) in [6, 6.07) is 21.4. The van der Waals surface area contributed by atoms with Crippen molar-refractivity contribution in [2.45, 2.75) is 45.1 Å². The number of carboxylic acid groups (broad SMARTS) is 1. The van der Waals surface area contributed by atoms with E-state index in [1.165, 1.54) is 22.3 Å². The lowest BCUT2D eigenvalue weighted by atomic mass is 9.90. The van der Waals surface area contributed by atoms with Gasteiger partial charge in [-0.3, -0.25) is 13.5 Å². The first-order valence-electron chi connectivity index (χ1n) is 12.7. The minimum absolute atomic E-state index is 0.159. The van der Waals surface area contributed by atoms with Gasteiger partial charge in [-0.1, -0.05) is 36.4 Å². The third kappa shape index (κ3) is 7.28. The molecule has 0 bridgehead atoms. The Morgan fingerprint density at radius 2 is 1.97 bits per heavy atom. The summed E-state index contributed by atoms with van der Waals surface area (Å²) in [5, 5.41) is 12.6. The van der Waals surface area contributed by atoms with Gasteiger partial charge in [-0.2, -0.15) is 10.6 Å². The van der Waals surface area contributed by atoms with E-state index in [1.54, 1.807) is 13.4 Å². The fourth-order valence-corrected chi connectivity index (χ4v) is 5.60. The molecule has 1 aliphatic heterocycles. The summed E-state index contributed by atoms with van der Waals surface area (Å²) < 4.78 is 21.1. The number of carbonyl (C=O) groups is 1. The van der Waals surface area contributed by atoms with Crippen molar-refractivity contribution in [2.75, 3.05) is 31.0 Å². The molecule has 6 nitrogen and oxygen atoms in total. The number of benzene rings is 3. The van der Waals surface area contributed by atoms with Crippen LogP contribution >= 0.6 is 10.6 Å². The highest BCUT2D eigenvalue weighted by Crippen LogP contribution is 2.40. The van der Waals surface area contributed by atoms with Gasteiger partial charge < -0.3 is 15.2 Å². The van der Waals surface area contributed by atoms with Crippen molar-refractivity contribution >= 4 is 22.2 Å². The van der Waals surface area contributed by atoms with Crippen LogP contribution in [0.4, 0.5) is 5.69 Å². The van der Waals surface area contributed by atoms with E-state index in [-0.39, 0.29) is 12.5 Å². The van der Waals surface area contributed by atoms with E-state index in [1.807, 2.05) is 12.1 Å². The summed E-state index contributed by atoms with van der Waals surface area (Å²) in [5.74, 6) is 0.666. The van der Waals surface area contributed by atoms with Crippen LogP contribution in [0.5, 0.6) is 5.75 Å². The second kappa shape index (κ2) is 12.0. The molecule has 4 rings (SSSR count). The summed E-state index contributed by atoms with van der Waals surface area (Å²) in [5.41, 5.74) is 8.24. The maximum Gasteiger partial charge on any atom is 0.303 e. The number of hydrogen-bond donors (Lipinski definition) is 3. The Balaban J connectivity index is 1.41. The van der Waals surface area contributed by atoms with Crippen molar-refractivity contribution < 1.29 is 23.4 Å². The van der Waals surface area contributed by atoms with Gasteiger partial charge in [-0.25, -0.2) is 0 Å². The standard InChI is InChI=1S/C30H37NO5S/c1-21-18-26(36-16-5-17-37(3,34)35-2)11-12-27(21)23-6-4-7-24(20-23)29-14-10-25-19-22(9-15-30(32)33)8-13-28(25)31-29/h4,6-8,11-13,18-20,29,31,34H,5,9-10,14-17H2,1-3H3,(H,32,33). The lowest BCUT2D eigenvalue weighted by molar-refractivity contribution is -0.136. The van der Waals surface area contributed by atoms with Crippen LogP contribution in [0, 0.1) is 6.92 Å². The van der Waals surface area contributed by atoms with Gasteiger partial charge in [0, 0.05) is 24.1 Å². The summed E-state index contributed by atoms with van der Waals surface area (Å²) >= 11 is 0. The van der Waals surface area contributed by atoms with Gasteiger partial charge in [-0.15, -0.1) is 0 Å². The first-order chi connectivity index (χ1) is 17.7. The molecule has 0 aliphatic carbocycles. The van der Waals surface area contributed by atoms with Gasteiger partial charge >= 0.3 is 5.97 Å². The average Bonchev–Trinajstić information content (AvgIpc) is 2.89. The van der Waals surface area contributed by atoms with Crippen LogP contribution in [-0.4, -0.2) is 41.4 Å². The van der Waals surface area contributed by atoms with Crippen LogP contribution in [0.15, 0.2) is 60.7 Å². The molecule has 0 saturated carbocycles. The zero-order chi connectivity index (χ0) is 26.4. The average molecular weight is 524 g/mol. The lowest BCUT2D eigenvalue weighted by Gasteiger charge is -2.31. The Morgan fingerprint density at radius 1 is 1.14 bits per heavy atom. The molecular weight excluding hydrogens is 486 g/mol. The number of hydrogen-bond acceptors (Lipinski definition) is 5. The van der Waals surface area contributed by atoms with E-state index in [0.29, 0.717) is 18.8 Å². The maximum atomic E-state index is 10.9. The predicted octanol–water partition coefficient (Wildman–Crippen LogP) is 7.02. The van der Waals surface area contributed by atoms with E-state index in [0.717, 1.165) is 41.8 Å². The monoisotopic (exact) mass is 523 g/mol. The molecular formula is C30H37NO5S. The van der Waals surface area contributed by atoms with Crippen LogP contribution in [-0.2, 0) is 21.8 Å². The van der Waals surface area contributed by atoms with E-state index < -0.39 is 16.6 Å². The SMILES string of the molecule is COS(C)(O)CCCOc1ccc(-c2cccc(C3CCc4cc(CCC(=O)O)ccc4N3)c2)c(C)c1. The Bertz CT molecular complexity index is 1240. The van der Waals surface area contributed by atoms with Crippen molar-refractivity contribution in [1.82, 2.24) is 0 Å². The highest BCUT2D eigenvalue weighted by molar-refractivity contribution is 8.24. The number of fused-ring (bicyclic) bond motifs is 1. The number of carboxylic acids is 1. The number of nitrogens with one attached hydrogen (secondary N) is 1. The van der Waals surface area contributed by atoms with Gasteiger partial charge in [0.15, 0.2) is 0 Å². The third-order valence-corrected chi connectivity index (χ3v) is 8.69. The molecule has 2 atom stereocenters. The Hall–Kier alpha value is -3.00. The Labute approximate surface area is 221 Å². The lowest BCUT2D eigenvalue weighted by Crippen LogP contribution is -2.18. The van der Waals surface area contributed by atoms with Crippen LogP contribution in [0.2, 0.25) is 0 Å². The van der Waals surface area contributed by atoms with Crippen LogP contribution in [0.25, 0.3) is 11.1 Å². The fourth-order valence-electron chi connectivity index (χ4n) is 4.78. The van der Waals surface area contributed by atoms with Gasteiger partial charge in [0.1, 0.15) is 5.75 Å². The zero-order valence-electron chi connectivity index (χ0n) is 21.8. The predicted molar refractivity (Wildman–Crippen MR) is 152 cm³/mol. The first kappa shape index (κ1) is 27.0. The van der Waals surface area contributed by atoms with Gasteiger partial charge in [0.25, 0.3) is 0 Å². The van der Waals surface area contributed by atoms with Crippen molar-refractivity contribution in [3.63, 3.8) is 0 Å². The molecule has 0 amide bonds. The second-order valence-electron chi connectivity index (χ2n) is 9.76. The molecule has 198 valence electrons. The van der Waals surface area contributed by atoms with E-state index in [2.05, 4.69) is 60.8 Å². The number of rotatable bonds is 11. The molecule has 0 radical (unpaired) electrons. The summed E-state index contributed by atoms with van der Waals surface area (Å²) in [4.78, 5) is 10.9. The van der Waals surface area contributed by atoms with Crippen molar-refractivity contribution in [2.24, 2.45) is 0 Å². The molecule has 3 N–H and O–H groups in total. The number of aryl methyl sites for hydroxylation is 3. The minimum atomic E-state index is -1.97. The zero-order valence-corrected chi connectivity index (χ0v) is 22.6. The third-order valence-electron chi connectivity index (χ3n) is 6.92. The van der Waals surface area contributed by atoms with Crippen molar-refractivity contribution in [3.05, 3.63) is 82.9 Å². The normalized spacial score (nSPS) is 17.2. The second-order valence-corrected chi connectivity index (χ2v) is 12.4. The molecule has 1 aliphatic rings. The summed E-state index contributed by atoms with van der Waals surface area (Å²) in [6.07, 6.45) is 5.15. The van der Waals surface area contributed by atoms with Crippen molar-refractivity contribution in [1.29, 1.82) is 0 Å². The molecule has 1 heterocycles. The summed E-state index contributed by atoms with van der Waals surface area (Å²) in [6.45, 7) is 2.64. The molecule has 0 fully saturated rings. The minimum Gasteiger partial charge on any atom is -0.494 e. The van der Waals surface area contributed by atoms with Crippen LogP contribution < -0.4 is 10.1 Å². The molecule has 0 saturated heterocycles. The highest BCUT2D eigenvalue weighted by atomic mass is 32.3. The quantitative estimate of drug-likeness (QED) is 0.234. The molecule has 7 heteroatoms. The number of ether oxygens (including phenoxy) is 1. The first-order valence-corrected chi connectivity index (χ1v) is 14.8. The van der Waals surface area contributed by atoms with E-state index in [9.17, 15) is 9.35 Å². The molecule has 3 aromatic carbocycles. The van der Waals surface area contributed by atoms with E-state index >= 15 is 0 Å². The Kier molecular flexibility index (Phi) is 8.79. The number of aliphatic carboxylic acids is 1. The smallest absolute Gasteiger partial charge is 0.303 e. The molecule has 37 heavy (non-hydrogen) atoms. The topological polar surface area (TPSA) is 88.0 Å². The van der Waals surface area contributed by atoms with Gasteiger partial charge in [0.2, 0.25) is 0 Å². The molecule has 3 aromatic rings. The molecule has 0 aromatic heterocycles. The maximum absolute atomic E-state index is 10.9. The van der Waals surface area contributed by atoms with Crippen molar-refractivity contribution in [3.8, 4) is 16.9 Å². The molecule has 0 spiro atoms.